The molecule has 5 N–H and O–H groups in total. The Morgan fingerprint density at radius 2 is 2.21 bits per heavy atom. The van der Waals surface area contributed by atoms with Gasteiger partial charge in [-0.3, -0.25) is 14.1 Å². The van der Waals surface area contributed by atoms with E-state index in [9.17, 15) is 27.9 Å². The van der Waals surface area contributed by atoms with Gasteiger partial charge in [0, 0.05) is 11.8 Å². The normalized spacial score (nSPS) is 21.8. The molecular weight excluding hydrogens is 418 g/mol. The van der Waals surface area contributed by atoms with Crippen molar-refractivity contribution in [2.24, 2.45) is 5.16 Å². The SMILES string of the molecule is CC1C(NC(=O)C=NOC(C)(Cc2csc(N)n2)C(=O)O)C(=O)N1S(=O)(=O)O. The summed E-state index contributed by atoms with van der Waals surface area (Å²) in [5.74, 6) is -3.30. The number of hydrogen-bond donors (Lipinski definition) is 4. The number of carbonyl (C=O) groups is 3. The van der Waals surface area contributed by atoms with Crippen LogP contribution in [0.25, 0.3) is 0 Å². The molecule has 0 spiro atoms. The van der Waals surface area contributed by atoms with E-state index in [0.29, 0.717) is 11.9 Å². The molecule has 28 heavy (non-hydrogen) atoms. The first-order valence-corrected chi connectivity index (χ1v) is 9.89. The topological polar surface area (TPSA) is 202 Å². The molecule has 0 aromatic carbocycles. The van der Waals surface area contributed by atoms with Crippen LogP contribution < -0.4 is 11.1 Å². The van der Waals surface area contributed by atoms with E-state index in [-0.39, 0.29) is 15.9 Å². The lowest BCUT2D eigenvalue weighted by Gasteiger charge is -2.41. The summed E-state index contributed by atoms with van der Waals surface area (Å²) in [5, 5.41) is 16.7. The minimum absolute atomic E-state index is 0.170. The first-order valence-electron chi connectivity index (χ1n) is 7.61. The van der Waals surface area contributed by atoms with Gasteiger partial charge in [0.2, 0.25) is 5.60 Å². The van der Waals surface area contributed by atoms with Crippen molar-refractivity contribution in [1.82, 2.24) is 14.6 Å². The molecular formula is C13H17N5O8S2. The van der Waals surface area contributed by atoms with Gasteiger partial charge < -0.3 is 21.0 Å². The second-order valence-corrected chi connectivity index (χ2v) is 8.23. The molecule has 2 amide bonds. The molecule has 1 aromatic heterocycles. The van der Waals surface area contributed by atoms with Crippen LogP contribution in [0.3, 0.4) is 0 Å². The van der Waals surface area contributed by atoms with Crippen molar-refractivity contribution in [3.63, 3.8) is 0 Å². The number of carbonyl (C=O) groups excluding carboxylic acids is 2. The second kappa shape index (κ2) is 7.69. The van der Waals surface area contributed by atoms with Gasteiger partial charge in [-0.15, -0.1) is 11.3 Å². The number of nitrogen functional groups attached to an aromatic ring is 1. The number of rotatable bonds is 8. The van der Waals surface area contributed by atoms with Crippen molar-refractivity contribution < 1.29 is 37.3 Å². The van der Waals surface area contributed by atoms with Crippen molar-refractivity contribution >= 4 is 50.8 Å². The molecule has 3 unspecified atom stereocenters. The first kappa shape index (κ1) is 21.5. The van der Waals surface area contributed by atoms with Gasteiger partial charge in [-0.25, -0.2) is 14.1 Å². The minimum Gasteiger partial charge on any atom is -0.478 e. The van der Waals surface area contributed by atoms with Gasteiger partial charge in [-0.05, 0) is 13.8 Å². The van der Waals surface area contributed by atoms with E-state index < -0.39 is 45.8 Å². The zero-order valence-corrected chi connectivity index (χ0v) is 16.2. The predicted molar refractivity (Wildman–Crippen MR) is 95.6 cm³/mol. The third-order valence-corrected chi connectivity index (χ3v) is 5.58. The first-order chi connectivity index (χ1) is 12.8. The highest BCUT2D eigenvalue weighted by Gasteiger charge is 2.51. The van der Waals surface area contributed by atoms with Gasteiger partial charge in [0.15, 0.2) is 5.13 Å². The summed E-state index contributed by atoms with van der Waals surface area (Å²) in [7, 11) is -4.71. The number of oxime groups is 1. The average molecular weight is 435 g/mol. The summed E-state index contributed by atoms with van der Waals surface area (Å²) in [4.78, 5) is 43.8. The highest BCUT2D eigenvalue weighted by atomic mass is 32.2. The molecule has 154 valence electrons. The third kappa shape index (κ3) is 4.55. The fourth-order valence-electron chi connectivity index (χ4n) is 2.38. The second-order valence-electron chi connectivity index (χ2n) is 6.05. The van der Waals surface area contributed by atoms with E-state index in [0.717, 1.165) is 11.3 Å². The third-order valence-electron chi connectivity index (χ3n) is 3.85. The number of nitrogens with one attached hydrogen (secondary N) is 1. The molecule has 1 saturated heterocycles. The quantitative estimate of drug-likeness (QED) is 0.163. The van der Waals surface area contributed by atoms with Crippen molar-refractivity contribution in [1.29, 1.82) is 0 Å². The molecule has 0 bridgehead atoms. The maximum Gasteiger partial charge on any atom is 0.362 e. The number of hydrogen-bond acceptors (Lipinski definition) is 10. The Hall–Kier alpha value is -2.78. The molecule has 3 atom stereocenters. The van der Waals surface area contributed by atoms with Gasteiger partial charge in [0.1, 0.15) is 12.3 Å². The maximum absolute atomic E-state index is 11.8. The standard InChI is InChI=1S/C13H17N5O8S2/c1-6-9(10(20)18(6)28(23,24)25)17-8(19)4-15-26-13(2,11(21)22)3-7-5-27-12(14)16-7/h4-6,9H,3H2,1-2H3,(H2,14,16)(H,17,19)(H,21,22)(H,23,24,25). The number of nitrogens with two attached hydrogens (primary N) is 1. The van der Waals surface area contributed by atoms with E-state index in [1.165, 1.54) is 13.8 Å². The Kier molecular flexibility index (Phi) is 5.91. The molecule has 1 aliphatic heterocycles. The molecule has 1 aliphatic rings. The summed E-state index contributed by atoms with van der Waals surface area (Å²) in [6.07, 6.45) is 0.434. The van der Waals surface area contributed by atoms with Crippen LogP contribution in [-0.4, -0.2) is 69.0 Å². The molecule has 2 rings (SSSR count). The van der Waals surface area contributed by atoms with Crippen LogP contribution in [0.5, 0.6) is 0 Å². The molecule has 15 heteroatoms. The molecule has 2 heterocycles. The van der Waals surface area contributed by atoms with Crippen LogP contribution in [0.15, 0.2) is 10.5 Å². The van der Waals surface area contributed by atoms with Crippen LogP contribution in [0.4, 0.5) is 5.13 Å². The van der Waals surface area contributed by atoms with Crippen molar-refractivity contribution in [3.8, 4) is 0 Å². The maximum atomic E-state index is 11.8. The Bertz CT molecular complexity index is 929. The summed E-state index contributed by atoms with van der Waals surface area (Å²) in [6, 6.07) is -2.19. The van der Waals surface area contributed by atoms with Crippen LogP contribution >= 0.6 is 11.3 Å². The van der Waals surface area contributed by atoms with E-state index in [1.54, 1.807) is 5.38 Å². The summed E-state index contributed by atoms with van der Waals surface area (Å²) >= 11 is 1.12. The largest absolute Gasteiger partial charge is 0.478 e. The van der Waals surface area contributed by atoms with Crippen molar-refractivity contribution in [3.05, 3.63) is 11.1 Å². The van der Waals surface area contributed by atoms with Gasteiger partial charge in [0.05, 0.1) is 11.7 Å². The molecule has 1 fully saturated rings. The summed E-state index contributed by atoms with van der Waals surface area (Å²) < 4.78 is 31.1. The Labute approximate surface area is 163 Å². The zero-order valence-electron chi connectivity index (χ0n) is 14.6. The fourth-order valence-corrected chi connectivity index (χ4v) is 3.83. The number of amides is 2. The lowest BCUT2D eigenvalue weighted by atomic mass is 10.0. The summed E-state index contributed by atoms with van der Waals surface area (Å²) in [5.41, 5.74) is 4.02. The van der Waals surface area contributed by atoms with Gasteiger partial charge in [-0.1, -0.05) is 5.16 Å². The number of aromatic nitrogens is 1. The van der Waals surface area contributed by atoms with Crippen LogP contribution in [0.2, 0.25) is 0 Å². The van der Waals surface area contributed by atoms with Crippen LogP contribution in [0, 0.1) is 0 Å². The lowest BCUT2D eigenvalue weighted by molar-refractivity contribution is -0.163. The number of carboxylic acid groups (broad SMARTS) is 1. The van der Waals surface area contributed by atoms with Crippen LogP contribution in [-0.2, 0) is 35.9 Å². The fraction of sp³-hybridized carbons (Fsp3) is 0.462. The van der Waals surface area contributed by atoms with Gasteiger partial charge in [-0.2, -0.15) is 8.42 Å². The Balaban J connectivity index is 1.96. The summed E-state index contributed by atoms with van der Waals surface area (Å²) in [6.45, 7) is 2.52. The number of carboxylic acids is 1. The number of thiazole rings is 1. The van der Waals surface area contributed by atoms with E-state index in [4.69, 9.17) is 15.1 Å². The highest BCUT2D eigenvalue weighted by molar-refractivity contribution is 7.84. The number of nitrogens with zero attached hydrogens (tertiary/aromatic N) is 3. The van der Waals surface area contributed by atoms with E-state index in [1.807, 2.05) is 0 Å². The van der Waals surface area contributed by atoms with E-state index >= 15 is 0 Å². The number of β-lactam (4-membered cyclic amide) rings is 1. The van der Waals surface area contributed by atoms with Gasteiger partial charge >= 0.3 is 16.3 Å². The number of aliphatic carboxylic acids is 1. The Morgan fingerprint density at radius 1 is 1.57 bits per heavy atom. The van der Waals surface area contributed by atoms with Crippen molar-refractivity contribution in [2.45, 2.75) is 38.0 Å². The molecule has 0 saturated carbocycles. The molecule has 13 nitrogen and oxygen atoms in total. The van der Waals surface area contributed by atoms with Gasteiger partial charge in [0.25, 0.3) is 11.8 Å². The Morgan fingerprint density at radius 3 is 2.68 bits per heavy atom. The average Bonchev–Trinajstić information content (AvgIpc) is 2.96. The van der Waals surface area contributed by atoms with E-state index in [2.05, 4.69) is 15.5 Å². The number of anilines is 1. The van der Waals surface area contributed by atoms with Crippen LogP contribution in [0.1, 0.15) is 19.5 Å². The van der Waals surface area contributed by atoms with Crippen molar-refractivity contribution in [2.75, 3.05) is 5.73 Å². The monoisotopic (exact) mass is 435 g/mol. The molecule has 0 aliphatic carbocycles. The molecule has 1 aromatic rings. The highest BCUT2D eigenvalue weighted by Crippen LogP contribution is 2.23. The molecule has 0 radical (unpaired) electrons. The minimum atomic E-state index is -4.71. The predicted octanol–water partition coefficient (Wildman–Crippen LogP) is -1.37. The smallest absolute Gasteiger partial charge is 0.362 e. The lowest BCUT2D eigenvalue weighted by Crippen LogP contribution is -2.70. The zero-order chi connectivity index (χ0) is 21.3.